The van der Waals surface area contributed by atoms with Crippen LogP contribution in [-0.4, -0.2) is 12.8 Å². The number of unbranched alkanes of at least 4 members (excludes halogenated alkanes) is 2. The number of hydrogen-bond donors (Lipinski definition) is 0. The first-order chi connectivity index (χ1) is 7.33. The normalized spacial score (nSPS) is 10.8. The van der Waals surface area contributed by atoms with Gasteiger partial charge in [0, 0.05) is 0 Å². The van der Waals surface area contributed by atoms with E-state index in [0.29, 0.717) is 6.61 Å². The molecule has 0 saturated heterocycles. The molecule has 0 aromatic heterocycles. The Kier molecular flexibility index (Phi) is 5.44. The molecule has 0 atom stereocenters. The summed E-state index contributed by atoms with van der Waals surface area (Å²) < 4.78 is 12.5. The average molecular weight is 209 g/mol. The minimum Gasteiger partial charge on any atom is -0.396 e. The maximum absolute atomic E-state index is 12.5. The van der Waals surface area contributed by atoms with Gasteiger partial charge < -0.3 is 4.84 Å². The van der Waals surface area contributed by atoms with Crippen molar-refractivity contribution in [2.75, 3.05) is 6.61 Å². The Bertz CT molecular complexity index is 295. The fourth-order valence-electron chi connectivity index (χ4n) is 1.12. The Morgan fingerprint density at radius 3 is 2.67 bits per heavy atom. The van der Waals surface area contributed by atoms with Gasteiger partial charge in [0.1, 0.15) is 12.4 Å². The van der Waals surface area contributed by atoms with Gasteiger partial charge in [-0.3, -0.25) is 0 Å². The lowest BCUT2D eigenvalue weighted by Gasteiger charge is -1.97. The molecule has 0 aliphatic carbocycles. The smallest absolute Gasteiger partial charge is 0.123 e. The van der Waals surface area contributed by atoms with Gasteiger partial charge in [0.05, 0.1) is 6.21 Å². The van der Waals surface area contributed by atoms with E-state index in [1.807, 2.05) is 0 Å². The summed E-state index contributed by atoms with van der Waals surface area (Å²) in [4.78, 5) is 5.05. The molecular formula is C12H16FNO. The molecule has 15 heavy (non-hydrogen) atoms. The topological polar surface area (TPSA) is 21.6 Å². The summed E-state index contributed by atoms with van der Waals surface area (Å²) in [5.41, 5.74) is 0.840. The zero-order chi connectivity index (χ0) is 10.9. The number of oxime groups is 1. The van der Waals surface area contributed by atoms with Crippen LogP contribution in [0.5, 0.6) is 0 Å². The highest BCUT2D eigenvalue weighted by Gasteiger charge is 1.89. The first-order valence-electron chi connectivity index (χ1n) is 5.24. The summed E-state index contributed by atoms with van der Waals surface area (Å²) in [7, 11) is 0. The van der Waals surface area contributed by atoms with Crippen molar-refractivity contribution in [3.63, 3.8) is 0 Å². The van der Waals surface area contributed by atoms with Crippen molar-refractivity contribution in [3.8, 4) is 0 Å². The van der Waals surface area contributed by atoms with Gasteiger partial charge in [0.15, 0.2) is 0 Å². The quantitative estimate of drug-likeness (QED) is 0.400. The number of halogens is 1. The first kappa shape index (κ1) is 11.7. The van der Waals surface area contributed by atoms with E-state index in [4.69, 9.17) is 4.84 Å². The van der Waals surface area contributed by atoms with Crippen LogP contribution in [0.15, 0.2) is 29.4 Å². The van der Waals surface area contributed by atoms with Crippen LogP contribution in [0.1, 0.15) is 31.7 Å². The van der Waals surface area contributed by atoms with Crippen LogP contribution in [-0.2, 0) is 4.84 Å². The van der Waals surface area contributed by atoms with Gasteiger partial charge in [0.2, 0.25) is 0 Å². The number of benzene rings is 1. The highest BCUT2D eigenvalue weighted by molar-refractivity contribution is 5.78. The van der Waals surface area contributed by atoms with E-state index < -0.39 is 0 Å². The Hall–Kier alpha value is -1.38. The second-order valence-corrected chi connectivity index (χ2v) is 3.33. The molecule has 0 fully saturated rings. The van der Waals surface area contributed by atoms with E-state index in [9.17, 15) is 4.39 Å². The zero-order valence-corrected chi connectivity index (χ0v) is 8.95. The van der Waals surface area contributed by atoms with Crippen molar-refractivity contribution in [1.82, 2.24) is 0 Å². The van der Waals surface area contributed by atoms with Crippen molar-refractivity contribution in [2.45, 2.75) is 26.2 Å². The van der Waals surface area contributed by atoms with Crippen LogP contribution in [0.2, 0.25) is 0 Å². The third kappa shape index (κ3) is 5.15. The van der Waals surface area contributed by atoms with Gasteiger partial charge in [-0.1, -0.05) is 37.1 Å². The lowest BCUT2D eigenvalue weighted by molar-refractivity contribution is 0.141. The van der Waals surface area contributed by atoms with Crippen molar-refractivity contribution < 1.29 is 9.23 Å². The monoisotopic (exact) mass is 209 g/mol. The fourth-order valence-corrected chi connectivity index (χ4v) is 1.12. The largest absolute Gasteiger partial charge is 0.396 e. The predicted octanol–water partition coefficient (Wildman–Crippen LogP) is 3.37. The van der Waals surface area contributed by atoms with Crippen molar-refractivity contribution in [2.24, 2.45) is 5.16 Å². The molecule has 0 radical (unpaired) electrons. The molecular weight excluding hydrogens is 193 g/mol. The molecule has 1 rings (SSSR count). The van der Waals surface area contributed by atoms with E-state index in [1.165, 1.54) is 18.6 Å². The third-order valence-electron chi connectivity index (χ3n) is 1.99. The van der Waals surface area contributed by atoms with Crippen molar-refractivity contribution >= 4 is 6.21 Å². The summed E-state index contributed by atoms with van der Waals surface area (Å²) in [6, 6.07) is 6.12. The van der Waals surface area contributed by atoms with Gasteiger partial charge in [-0.15, -0.1) is 0 Å². The summed E-state index contributed by atoms with van der Waals surface area (Å²) in [6.07, 6.45) is 4.94. The highest BCUT2D eigenvalue weighted by atomic mass is 19.1. The number of rotatable bonds is 6. The number of hydrogen-bond acceptors (Lipinski definition) is 2. The molecule has 0 unspecified atom stereocenters. The Balaban J connectivity index is 2.23. The van der Waals surface area contributed by atoms with E-state index in [1.54, 1.807) is 18.3 Å². The van der Waals surface area contributed by atoms with E-state index in [-0.39, 0.29) is 5.82 Å². The minimum atomic E-state index is -0.240. The standard InChI is InChI=1S/C12H16FNO/c1-2-3-4-9-15-14-10-11-5-7-12(13)8-6-11/h5-8,10H,2-4,9H2,1H3. The highest BCUT2D eigenvalue weighted by Crippen LogP contribution is 2.00. The van der Waals surface area contributed by atoms with Gasteiger partial charge in [0.25, 0.3) is 0 Å². The second-order valence-electron chi connectivity index (χ2n) is 3.33. The molecule has 0 spiro atoms. The van der Waals surface area contributed by atoms with Crippen LogP contribution < -0.4 is 0 Å². The van der Waals surface area contributed by atoms with Crippen LogP contribution in [0.25, 0.3) is 0 Å². The molecule has 0 amide bonds. The molecule has 2 nitrogen and oxygen atoms in total. The van der Waals surface area contributed by atoms with Crippen LogP contribution in [0.4, 0.5) is 4.39 Å². The maximum atomic E-state index is 12.5. The van der Waals surface area contributed by atoms with Crippen LogP contribution in [0, 0.1) is 5.82 Å². The Labute approximate surface area is 89.7 Å². The second kappa shape index (κ2) is 6.98. The molecule has 0 aliphatic heterocycles. The van der Waals surface area contributed by atoms with Crippen LogP contribution in [0.3, 0.4) is 0 Å². The molecule has 1 aromatic carbocycles. The maximum Gasteiger partial charge on any atom is 0.123 e. The lowest BCUT2D eigenvalue weighted by atomic mass is 10.2. The average Bonchev–Trinajstić information content (AvgIpc) is 2.26. The van der Waals surface area contributed by atoms with E-state index in [2.05, 4.69) is 12.1 Å². The van der Waals surface area contributed by atoms with Gasteiger partial charge >= 0.3 is 0 Å². The van der Waals surface area contributed by atoms with Gasteiger partial charge in [-0.25, -0.2) is 4.39 Å². The van der Waals surface area contributed by atoms with Gasteiger partial charge in [-0.05, 0) is 24.1 Å². The SMILES string of the molecule is CCCCCON=Cc1ccc(F)cc1. The van der Waals surface area contributed by atoms with Crippen molar-refractivity contribution in [1.29, 1.82) is 0 Å². The summed E-state index contributed by atoms with van der Waals surface area (Å²) >= 11 is 0. The third-order valence-corrected chi connectivity index (χ3v) is 1.99. The molecule has 0 saturated carbocycles. The summed E-state index contributed by atoms with van der Waals surface area (Å²) in [6.45, 7) is 2.79. The van der Waals surface area contributed by atoms with Gasteiger partial charge in [-0.2, -0.15) is 0 Å². The Morgan fingerprint density at radius 2 is 2.00 bits per heavy atom. The number of nitrogens with zero attached hydrogens (tertiary/aromatic N) is 1. The van der Waals surface area contributed by atoms with Crippen molar-refractivity contribution in [3.05, 3.63) is 35.6 Å². The summed E-state index contributed by atoms with van der Waals surface area (Å²) in [5, 5.41) is 3.80. The lowest BCUT2D eigenvalue weighted by Crippen LogP contribution is -1.89. The Morgan fingerprint density at radius 1 is 1.27 bits per heavy atom. The van der Waals surface area contributed by atoms with E-state index in [0.717, 1.165) is 18.4 Å². The summed E-state index contributed by atoms with van der Waals surface area (Å²) in [5.74, 6) is -0.240. The molecule has 3 heteroatoms. The molecule has 0 heterocycles. The molecule has 0 bridgehead atoms. The molecule has 0 aliphatic rings. The zero-order valence-electron chi connectivity index (χ0n) is 8.95. The van der Waals surface area contributed by atoms with E-state index >= 15 is 0 Å². The minimum absolute atomic E-state index is 0.240. The molecule has 1 aromatic rings. The van der Waals surface area contributed by atoms with Crippen LogP contribution >= 0.6 is 0 Å². The molecule has 0 N–H and O–H groups in total. The molecule has 82 valence electrons. The first-order valence-corrected chi connectivity index (χ1v) is 5.24. The fraction of sp³-hybridized carbons (Fsp3) is 0.417. The predicted molar refractivity (Wildman–Crippen MR) is 59.5 cm³/mol.